The van der Waals surface area contributed by atoms with Gasteiger partial charge in [0, 0.05) is 19.3 Å². The van der Waals surface area contributed by atoms with E-state index >= 15 is 0 Å². The summed E-state index contributed by atoms with van der Waals surface area (Å²) in [5.41, 5.74) is 0. The van der Waals surface area contributed by atoms with Crippen LogP contribution < -0.4 is 0 Å². The molecule has 6 nitrogen and oxygen atoms in total. The van der Waals surface area contributed by atoms with Crippen molar-refractivity contribution < 1.29 is 28.6 Å². The molecular weight excluding hydrogens is 528 g/mol. The first-order chi connectivity index (χ1) is 20.5. The molecule has 42 heavy (non-hydrogen) atoms. The summed E-state index contributed by atoms with van der Waals surface area (Å²) in [6.45, 7) is 6.51. The van der Waals surface area contributed by atoms with Crippen LogP contribution in [-0.2, 0) is 28.6 Å². The summed E-state index contributed by atoms with van der Waals surface area (Å²) in [6, 6.07) is 0. The van der Waals surface area contributed by atoms with Crippen molar-refractivity contribution in [3.8, 4) is 0 Å². The average molecular weight is 597 g/mol. The minimum Gasteiger partial charge on any atom is -0.462 e. The molecule has 0 heterocycles. The number of ether oxygens (including phenoxy) is 3. The van der Waals surface area contributed by atoms with Crippen LogP contribution in [0.5, 0.6) is 0 Å². The van der Waals surface area contributed by atoms with E-state index in [0.717, 1.165) is 57.8 Å². The quantitative estimate of drug-likeness (QED) is 0.0436. The van der Waals surface area contributed by atoms with E-state index in [-0.39, 0.29) is 31.1 Å². The van der Waals surface area contributed by atoms with Gasteiger partial charge in [0.2, 0.25) is 0 Å². The van der Waals surface area contributed by atoms with E-state index in [0.29, 0.717) is 19.3 Å². The van der Waals surface area contributed by atoms with Gasteiger partial charge in [-0.3, -0.25) is 14.4 Å². The van der Waals surface area contributed by atoms with Gasteiger partial charge in [-0.1, -0.05) is 156 Å². The lowest BCUT2D eigenvalue weighted by Crippen LogP contribution is -2.30. The van der Waals surface area contributed by atoms with Gasteiger partial charge in [-0.25, -0.2) is 0 Å². The summed E-state index contributed by atoms with van der Waals surface area (Å²) in [4.78, 5) is 37.1. The highest BCUT2D eigenvalue weighted by Gasteiger charge is 2.19. The molecule has 0 aliphatic heterocycles. The number of carbonyl (C=O) groups is 3. The Bertz CT molecular complexity index is 620. The van der Waals surface area contributed by atoms with Crippen molar-refractivity contribution >= 4 is 17.9 Å². The van der Waals surface area contributed by atoms with E-state index < -0.39 is 6.10 Å². The Balaban J connectivity index is 4.33. The Morgan fingerprint density at radius 2 is 0.643 bits per heavy atom. The zero-order valence-electron chi connectivity index (χ0n) is 28.0. The lowest BCUT2D eigenvalue weighted by molar-refractivity contribution is -0.167. The van der Waals surface area contributed by atoms with Gasteiger partial charge in [-0.05, 0) is 19.3 Å². The molecule has 0 fully saturated rings. The van der Waals surface area contributed by atoms with Crippen LogP contribution in [0.15, 0.2) is 0 Å². The SMILES string of the molecule is CCCCCCCCCCCC(=O)OCC(COC(=O)CCCCCCCC)OC(=O)CCCCCCCCCCC. The molecule has 0 bridgehead atoms. The van der Waals surface area contributed by atoms with Crippen molar-refractivity contribution in [2.24, 2.45) is 0 Å². The number of carbonyl (C=O) groups excluding carboxylic acids is 3. The fourth-order valence-corrected chi connectivity index (χ4v) is 5.09. The number of rotatable bonds is 32. The molecule has 0 aromatic heterocycles. The second kappa shape index (κ2) is 32.3. The lowest BCUT2D eigenvalue weighted by atomic mass is 10.1. The van der Waals surface area contributed by atoms with Crippen molar-refractivity contribution in [2.45, 2.75) is 200 Å². The van der Waals surface area contributed by atoms with Gasteiger partial charge in [0.15, 0.2) is 6.10 Å². The summed E-state index contributed by atoms with van der Waals surface area (Å²) in [5.74, 6) is -0.882. The first kappa shape index (κ1) is 40.4. The maximum Gasteiger partial charge on any atom is 0.306 e. The minimum atomic E-state index is -0.753. The highest BCUT2D eigenvalue weighted by molar-refractivity contribution is 5.71. The predicted octanol–water partition coefficient (Wildman–Crippen LogP) is 10.6. The summed E-state index contributed by atoms with van der Waals surface area (Å²) in [5, 5.41) is 0. The van der Waals surface area contributed by atoms with E-state index in [9.17, 15) is 14.4 Å². The minimum absolute atomic E-state index is 0.0654. The molecule has 0 N–H and O–H groups in total. The molecule has 0 amide bonds. The molecule has 248 valence electrons. The van der Waals surface area contributed by atoms with Gasteiger partial charge in [0.1, 0.15) is 13.2 Å². The van der Waals surface area contributed by atoms with E-state index in [4.69, 9.17) is 14.2 Å². The topological polar surface area (TPSA) is 78.9 Å². The summed E-state index contributed by atoms with van der Waals surface area (Å²) < 4.78 is 16.4. The largest absolute Gasteiger partial charge is 0.462 e. The molecule has 0 aromatic rings. The fraction of sp³-hybridized carbons (Fsp3) is 0.917. The fourth-order valence-electron chi connectivity index (χ4n) is 5.09. The maximum atomic E-state index is 12.5. The molecule has 1 atom stereocenters. The molecule has 0 aromatic carbocycles. The van der Waals surface area contributed by atoms with E-state index in [1.165, 1.54) is 96.3 Å². The summed E-state index contributed by atoms with van der Waals surface area (Å²) in [6.07, 6.45) is 28.2. The van der Waals surface area contributed by atoms with Crippen molar-refractivity contribution in [3.63, 3.8) is 0 Å². The summed E-state index contributed by atoms with van der Waals surface area (Å²) >= 11 is 0. The Morgan fingerprint density at radius 1 is 0.381 bits per heavy atom. The predicted molar refractivity (Wildman–Crippen MR) is 173 cm³/mol. The van der Waals surface area contributed by atoms with Gasteiger partial charge in [0.25, 0.3) is 0 Å². The van der Waals surface area contributed by atoms with Crippen molar-refractivity contribution in [1.29, 1.82) is 0 Å². The highest BCUT2D eigenvalue weighted by Crippen LogP contribution is 2.13. The molecule has 0 radical (unpaired) electrons. The van der Waals surface area contributed by atoms with Gasteiger partial charge in [-0.2, -0.15) is 0 Å². The zero-order chi connectivity index (χ0) is 30.9. The molecule has 6 heteroatoms. The number of hydrogen-bond acceptors (Lipinski definition) is 6. The van der Waals surface area contributed by atoms with Crippen LogP contribution in [0, 0.1) is 0 Å². The van der Waals surface area contributed by atoms with Crippen LogP contribution in [0.4, 0.5) is 0 Å². The Hall–Kier alpha value is -1.59. The van der Waals surface area contributed by atoms with Crippen LogP contribution >= 0.6 is 0 Å². The number of unbranched alkanes of at least 4 members (excludes halogenated alkanes) is 21. The monoisotopic (exact) mass is 597 g/mol. The lowest BCUT2D eigenvalue weighted by Gasteiger charge is -2.18. The first-order valence-corrected chi connectivity index (χ1v) is 18.0. The zero-order valence-corrected chi connectivity index (χ0v) is 28.0. The van der Waals surface area contributed by atoms with Gasteiger partial charge in [-0.15, -0.1) is 0 Å². The van der Waals surface area contributed by atoms with Crippen LogP contribution in [0.1, 0.15) is 194 Å². The van der Waals surface area contributed by atoms with Gasteiger partial charge < -0.3 is 14.2 Å². The maximum absolute atomic E-state index is 12.5. The van der Waals surface area contributed by atoms with E-state index in [1.807, 2.05) is 0 Å². The van der Waals surface area contributed by atoms with Crippen molar-refractivity contribution in [2.75, 3.05) is 13.2 Å². The molecule has 0 saturated heterocycles. The Kier molecular flexibility index (Phi) is 31.1. The third-order valence-corrected chi connectivity index (χ3v) is 7.86. The van der Waals surface area contributed by atoms with E-state index in [2.05, 4.69) is 20.8 Å². The molecular formula is C36H68O6. The molecule has 0 spiro atoms. The molecule has 0 rings (SSSR count). The van der Waals surface area contributed by atoms with E-state index in [1.54, 1.807) is 0 Å². The normalized spacial score (nSPS) is 11.8. The molecule has 0 saturated carbocycles. The third-order valence-electron chi connectivity index (χ3n) is 7.86. The van der Waals surface area contributed by atoms with Gasteiger partial charge in [0.05, 0.1) is 0 Å². The molecule has 1 unspecified atom stereocenters. The van der Waals surface area contributed by atoms with Crippen LogP contribution in [0.2, 0.25) is 0 Å². The van der Waals surface area contributed by atoms with Gasteiger partial charge >= 0.3 is 17.9 Å². The molecule has 0 aliphatic carbocycles. The number of esters is 3. The summed E-state index contributed by atoms with van der Waals surface area (Å²) in [7, 11) is 0. The first-order valence-electron chi connectivity index (χ1n) is 18.0. The molecule has 0 aliphatic rings. The standard InChI is InChI=1S/C36H68O6/c1-4-7-10-13-16-18-20-23-26-29-35(38)41-32-33(31-40-34(37)28-25-22-15-12-9-6-3)42-36(39)30-27-24-21-19-17-14-11-8-5-2/h33H,4-32H2,1-3H3. The smallest absolute Gasteiger partial charge is 0.306 e. The average Bonchev–Trinajstić information content (AvgIpc) is 2.98. The van der Waals surface area contributed by atoms with Crippen LogP contribution in [0.25, 0.3) is 0 Å². The highest BCUT2D eigenvalue weighted by atomic mass is 16.6. The van der Waals surface area contributed by atoms with Crippen molar-refractivity contribution in [3.05, 3.63) is 0 Å². The second-order valence-electron chi connectivity index (χ2n) is 12.2. The van der Waals surface area contributed by atoms with Crippen LogP contribution in [0.3, 0.4) is 0 Å². The third kappa shape index (κ3) is 29.9. The second-order valence-corrected chi connectivity index (χ2v) is 12.2. The van der Waals surface area contributed by atoms with Crippen molar-refractivity contribution in [1.82, 2.24) is 0 Å². The Labute approximate surface area is 259 Å². The number of hydrogen-bond donors (Lipinski definition) is 0. The van der Waals surface area contributed by atoms with Crippen LogP contribution in [-0.4, -0.2) is 37.2 Å². The Morgan fingerprint density at radius 3 is 0.952 bits per heavy atom.